The molecule has 0 saturated heterocycles. The number of nitrogens with zero attached hydrogens (tertiary/aromatic N) is 3. The van der Waals surface area contributed by atoms with Gasteiger partial charge in [-0.05, 0) is 24.3 Å². The molecule has 0 atom stereocenters. The lowest BCUT2D eigenvalue weighted by Gasteiger charge is -2.20. The van der Waals surface area contributed by atoms with Gasteiger partial charge in [-0.1, -0.05) is 30.3 Å². The summed E-state index contributed by atoms with van der Waals surface area (Å²) in [6, 6.07) is 17.4. The zero-order valence-corrected chi connectivity index (χ0v) is 13.6. The van der Waals surface area contributed by atoms with Crippen LogP contribution in [-0.2, 0) is 13.7 Å². The number of ether oxygens (including phenoxy) is 1. The molecule has 0 unspecified atom stereocenters. The number of carbonyl (C=O) groups excluding carboxylic acids is 1. The molecule has 0 radical (unpaired) electrons. The Hall–Kier alpha value is -3.08. The van der Waals surface area contributed by atoms with Gasteiger partial charge in [0.2, 0.25) is 0 Å². The topological polar surface area (TPSA) is 47.4 Å². The molecular weight excluding hydrogens is 302 g/mol. The molecule has 1 aromatic heterocycles. The molecule has 0 fully saturated rings. The van der Waals surface area contributed by atoms with Crippen molar-refractivity contribution in [2.75, 3.05) is 11.9 Å². The monoisotopic (exact) mass is 319 g/mol. The van der Waals surface area contributed by atoms with E-state index in [0.29, 0.717) is 12.3 Å². The second-order valence-electron chi connectivity index (χ2n) is 5.78. The number of hydrogen-bond donors (Lipinski definition) is 0. The lowest BCUT2D eigenvalue weighted by molar-refractivity contribution is 0.0985. The number of benzene rings is 2. The number of aromatic nitrogens is 2. The summed E-state index contributed by atoms with van der Waals surface area (Å²) >= 11 is 0. The van der Waals surface area contributed by atoms with E-state index in [1.54, 1.807) is 16.6 Å². The Labute approximate surface area is 140 Å². The van der Waals surface area contributed by atoms with Gasteiger partial charge in [-0.3, -0.25) is 9.48 Å². The van der Waals surface area contributed by atoms with Crippen molar-refractivity contribution >= 4 is 11.6 Å². The number of anilines is 1. The second-order valence-corrected chi connectivity index (χ2v) is 5.78. The van der Waals surface area contributed by atoms with Crippen LogP contribution in [0.5, 0.6) is 5.75 Å². The summed E-state index contributed by atoms with van der Waals surface area (Å²) in [5, 5.41) is 4.48. The van der Waals surface area contributed by atoms with E-state index < -0.39 is 0 Å². The van der Waals surface area contributed by atoms with Gasteiger partial charge in [0, 0.05) is 30.9 Å². The Morgan fingerprint density at radius 2 is 1.83 bits per heavy atom. The van der Waals surface area contributed by atoms with E-state index in [0.717, 1.165) is 28.3 Å². The highest BCUT2D eigenvalue weighted by atomic mass is 16.5. The first-order valence-electron chi connectivity index (χ1n) is 7.78. The first-order chi connectivity index (χ1) is 11.7. The van der Waals surface area contributed by atoms with Crippen LogP contribution < -0.4 is 9.64 Å². The van der Waals surface area contributed by atoms with Gasteiger partial charge < -0.3 is 9.64 Å². The SMILES string of the molecule is CN(C(=O)c1nn(C)c2c1COc1ccccc1-2)c1ccccc1. The fourth-order valence-electron chi connectivity index (χ4n) is 3.08. The highest BCUT2D eigenvalue weighted by molar-refractivity contribution is 6.06. The number of fused-ring (bicyclic) bond motifs is 3. The van der Waals surface area contributed by atoms with Crippen molar-refractivity contribution in [3.05, 3.63) is 65.9 Å². The fraction of sp³-hybridized carbons (Fsp3) is 0.158. The van der Waals surface area contributed by atoms with Crippen LogP contribution in [0.15, 0.2) is 54.6 Å². The molecule has 5 nitrogen and oxygen atoms in total. The van der Waals surface area contributed by atoms with Crippen LogP contribution in [0.4, 0.5) is 5.69 Å². The van der Waals surface area contributed by atoms with Crippen molar-refractivity contribution in [2.45, 2.75) is 6.61 Å². The summed E-state index contributed by atoms with van der Waals surface area (Å²) in [4.78, 5) is 14.6. The summed E-state index contributed by atoms with van der Waals surface area (Å²) in [5.74, 6) is 0.685. The highest BCUT2D eigenvalue weighted by Gasteiger charge is 2.29. The molecule has 0 aliphatic carbocycles. The third-order valence-electron chi connectivity index (χ3n) is 4.31. The summed E-state index contributed by atoms with van der Waals surface area (Å²) in [6.45, 7) is 0.351. The van der Waals surface area contributed by atoms with Crippen molar-refractivity contribution in [3.63, 3.8) is 0 Å². The molecule has 1 amide bonds. The van der Waals surface area contributed by atoms with Gasteiger partial charge >= 0.3 is 0 Å². The first-order valence-corrected chi connectivity index (χ1v) is 7.78. The van der Waals surface area contributed by atoms with Gasteiger partial charge in [0.1, 0.15) is 12.4 Å². The minimum Gasteiger partial charge on any atom is -0.488 e. The van der Waals surface area contributed by atoms with Gasteiger partial charge in [0.15, 0.2) is 5.69 Å². The Morgan fingerprint density at radius 3 is 2.62 bits per heavy atom. The summed E-state index contributed by atoms with van der Waals surface area (Å²) in [5.41, 5.74) is 4.02. The summed E-state index contributed by atoms with van der Waals surface area (Å²) in [7, 11) is 3.62. The van der Waals surface area contributed by atoms with Gasteiger partial charge in [0.25, 0.3) is 5.91 Å². The molecule has 0 bridgehead atoms. The van der Waals surface area contributed by atoms with Crippen LogP contribution in [0.25, 0.3) is 11.3 Å². The zero-order valence-electron chi connectivity index (χ0n) is 13.6. The van der Waals surface area contributed by atoms with Crippen LogP contribution in [0, 0.1) is 0 Å². The van der Waals surface area contributed by atoms with E-state index in [-0.39, 0.29) is 5.91 Å². The number of rotatable bonds is 2. The molecule has 24 heavy (non-hydrogen) atoms. The maximum absolute atomic E-state index is 12.9. The normalized spacial score (nSPS) is 12.1. The zero-order chi connectivity index (χ0) is 16.7. The minimum atomic E-state index is -0.138. The molecule has 0 saturated carbocycles. The molecule has 5 heteroatoms. The molecular formula is C19H17N3O2. The standard InChI is InChI=1S/C19H17N3O2/c1-21(13-8-4-3-5-9-13)19(23)17-15-12-24-16-11-7-6-10-14(16)18(15)22(2)20-17/h3-11H,12H2,1-2H3. The molecule has 0 spiro atoms. The van der Waals surface area contributed by atoms with Crippen LogP contribution in [0.3, 0.4) is 0 Å². The van der Waals surface area contributed by atoms with Gasteiger partial charge in [-0.15, -0.1) is 0 Å². The third-order valence-corrected chi connectivity index (χ3v) is 4.31. The van der Waals surface area contributed by atoms with Crippen LogP contribution in [0.2, 0.25) is 0 Å². The third kappa shape index (κ3) is 2.17. The van der Waals surface area contributed by atoms with E-state index in [2.05, 4.69) is 5.10 Å². The Kier molecular flexibility index (Phi) is 3.34. The predicted octanol–water partition coefficient (Wildman–Crippen LogP) is 3.26. The molecule has 4 rings (SSSR count). The first kappa shape index (κ1) is 14.5. The van der Waals surface area contributed by atoms with Gasteiger partial charge in [-0.2, -0.15) is 5.10 Å². The van der Waals surface area contributed by atoms with Crippen molar-refractivity contribution in [1.82, 2.24) is 9.78 Å². The van der Waals surface area contributed by atoms with Crippen LogP contribution >= 0.6 is 0 Å². The average molecular weight is 319 g/mol. The molecule has 0 N–H and O–H groups in total. The maximum atomic E-state index is 12.9. The molecule has 2 heterocycles. The summed E-state index contributed by atoms with van der Waals surface area (Å²) in [6.07, 6.45) is 0. The maximum Gasteiger partial charge on any atom is 0.278 e. The van der Waals surface area contributed by atoms with Crippen molar-refractivity contribution in [3.8, 4) is 17.0 Å². The molecule has 1 aliphatic heterocycles. The molecule has 3 aromatic rings. The van der Waals surface area contributed by atoms with E-state index in [4.69, 9.17) is 4.74 Å². The Morgan fingerprint density at radius 1 is 1.12 bits per heavy atom. The summed E-state index contributed by atoms with van der Waals surface area (Å²) < 4.78 is 7.58. The highest BCUT2D eigenvalue weighted by Crippen LogP contribution is 2.38. The van der Waals surface area contributed by atoms with E-state index in [1.807, 2.05) is 61.6 Å². The van der Waals surface area contributed by atoms with Gasteiger partial charge in [-0.25, -0.2) is 0 Å². The minimum absolute atomic E-state index is 0.138. The van der Waals surface area contributed by atoms with Crippen LogP contribution in [0.1, 0.15) is 16.1 Å². The fourth-order valence-corrected chi connectivity index (χ4v) is 3.08. The van der Waals surface area contributed by atoms with Crippen molar-refractivity contribution in [1.29, 1.82) is 0 Å². The number of para-hydroxylation sites is 2. The predicted molar refractivity (Wildman–Crippen MR) is 92.2 cm³/mol. The smallest absolute Gasteiger partial charge is 0.278 e. The van der Waals surface area contributed by atoms with E-state index in [1.165, 1.54) is 0 Å². The van der Waals surface area contributed by atoms with E-state index >= 15 is 0 Å². The number of aryl methyl sites for hydroxylation is 1. The lowest BCUT2D eigenvalue weighted by atomic mass is 10.0. The number of hydrogen-bond acceptors (Lipinski definition) is 3. The second kappa shape index (κ2) is 5.53. The lowest BCUT2D eigenvalue weighted by Crippen LogP contribution is -2.28. The largest absolute Gasteiger partial charge is 0.488 e. The Balaban J connectivity index is 1.78. The average Bonchev–Trinajstić information content (AvgIpc) is 2.98. The van der Waals surface area contributed by atoms with Crippen LogP contribution in [-0.4, -0.2) is 22.7 Å². The molecule has 1 aliphatic rings. The van der Waals surface area contributed by atoms with E-state index in [9.17, 15) is 4.79 Å². The number of carbonyl (C=O) groups is 1. The van der Waals surface area contributed by atoms with Gasteiger partial charge in [0.05, 0.1) is 5.69 Å². The number of amides is 1. The van der Waals surface area contributed by atoms with Crippen molar-refractivity contribution < 1.29 is 9.53 Å². The van der Waals surface area contributed by atoms with Crippen molar-refractivity contribution in [2.24, 2.45) is 7.05 Å². The quantitative estimate of drug-likeness (QED) is 0.728. The molecule has 2 aromatic carbocycles. The Bertz CT molecular complexity index is 916. The molecule has 120 valence electrons.